The molecule has 1 fully saturated rings. The Morgan fingerprint density at radius 2 is 2.35 bits per heavy atom. The van der Waals surface area contributed by atoms with Gasteiger partial charge in [0.25, 0.3) is 0 Å². The van der Waals surface area contributed by atoms with Crippen LogP contribution in [-0.2, 0) is 4.79 Å². The number of carbonyl (C=O) groups excluding carboxylic acids is 1. The summed E-state index contributed by atoms with van der Waals surface area (Å²) in [5.41, 5.74) is 1.31. The summed E-state index contributed by atoms with van der Waals surface area (Å²) in [6.45, 7) is 2.49. The lowest BCUT2D eigenvalue weighted by atomic mass is 9.91. The monoisotopic (exact) mass is 276 g/mol. The maximum atomic E-state index is 11.8. The van der Waals surface area contributed by atoms with Crippen molar-refractivity contribution in [1.29, 1.82) is 0 Å². The third kappa shape index (κ3) is 3.70. The highest BCUT2D eigenvalue weighted by Crippen LogP contribution is 2.27. The number of pyridine rings is 1. The number of anilines is 1. The topological polar surface area (TPSA) is 48.5 Å². The van der Waals surface area contributed by atoms with Crippen molar-refractivity contribution < 1.29 is 4.79 Å². The molecular weight excluding hydrogens is 252 g/mol. The lowest BCUT2D eigenvalue weighted by molar-refractivity contribution is -0.130. The van der Waals surface area contributed by atoms with Crippen LogP contribution in [0.5, 0.6) is 0 Å². The minimum Gasteiger partial charge on any atom is -0.373 e. The van der Waals surface area contributed by atoms with Crippen molar-refractivity contribution in [3.05, 3.63) is 23.9 Å². The Kier molecular flexibility index (Phi) is 4.95. The van der Waals surface area contributed by atoms with Gasteiger partial charge in [0.15, 0.2) is 0 Å². The molecule has 0 bridgehead atoms. The maximum absolute atomic E-state index is 11.8. The maximum Gasteiger partial charge on any atom is 0.236 e. The summed E-state index contributed by atoms with van der Waals surface area (Å²) >= 11 is 0. The van der Waals surface area contributed by atoms with Crippen molar-refractivity contribution in [1.82, 2.24) is 14.8 Å². The number of hydrogen-bond donors (Lipinski definition) is 1. The van der Waals surface area contributed by atoms with Gasteiger partial charge in [-0.2, -0.15) is 0 Å². The first-order chi connectivity index (χ1) is 9.60. The van der Waals surface area contributed by atoms with Crippen molar-refractivity contribution in [3.63, 3.8) is 0 Å². The number of nitrogens with zero attached hydrogens (tertiary/aromatic N) is 3. The minimum absolute atomic E-state index is 0.177. The largest absolute Gasteiger partial charge is 0.373 e. The summed E-state index contributed by atoms with van der Waals surface area (Å²) in [5.74, 6) is 1.58. The quantitative estimate of drug-likeness (QED) is 0.903. The number of likely N-dealkylation sites (tertiary alicyclic amines) is 1. The van der Waals surface area contributed by atoms with E-state index in [1.165, 1.54) is 12.0 Å². The Hall–Kier alpha value is -1.62. The first kappa shape index (κ1) is 14.8. The van der Waals surface area contributed by atoms with Crippen molar-refractivity contribution in [2.24, 2.45) is 0 Å². The van der Waals surface area contributed by atoms with Gasteiger partial charge in [-0.15, -0.1) is 0 Å². The van der Waals surface area contributed by atoms with Crippen LogP contribution in [0.4, 0.5) is 5.82 Å². The van der Waals surface area contributed by atoms with Crippen molar-refractivity contribution >= 4 is 11.7 Å². The van der Waals surface area contributed by atoms with Crippen LogP contribution in [0.1, 0.15) is 24.3 Å². The lowest BCUT2D eigenvalue weighted by Gasteiger charge is -2.33. The van der Waals surface area contributed by atoms with E-state index in [1.54, 1.807) is 4.90 Å². The van der Waals surface area contributed by atoms with Crippen LogP contribution >= 0.6 is 0 Å². The molecule has 5 heteroatoms. The molecule has 0 aliphatic carbocycles. The molecule has 0 radical (unpaired) electrons. The Balaban J connectivity index is 2.00. The summed E-state index contributed by atoms with van der Waals surface area (Å²) in [6, 6.07) is 4.20. The predicted octanol–water partition coefficient (Wildman–Crippen LogP) is 1.39. The van der Waals surface area contributed by atoms with E-state index in [-0.39, 0.29) is 5.91 Å². The van der Waals surface area contributed by atoms with E-state index in [0.29, 0.717) is 12.5 Å². The summed E-state index contributed by atoms with van der Waals surface area (Å²) in [5, 5.41) is 3.08. The molecule has 2 rings (SSSR count). The Labute approximate surface area is 121 Å². The van der Waals surface area contributed by atoms with E-state index in [2.05, 4.69) is 27.3 Å². The molecule has 0 unspecified atom stereocenters. The summed E-state index contributed by atoms with van der Waals surface area (Å²) in [4.78, 5) is 20.0. The molecule has 1 aliphatic heterocycles. The van der Waals surface area contributed by atoms with Crippen LogP contribution in [0, 0.1) is 0 Å². The van der Waals surface area contributed by atoms with Gasteiger partial charge in [-0.1, -0.05) is 0 Å². The molecule has 20 heavy (non-hydrogen) atoms. The van der Waals surface area contributed by atoms with Gasteiger partial charge in [-0.3, -0.25) is 9.69 Å². The van der Waals surface area contributed by atoms with Crippen LogP contribution in [0.2, 0.25) is 0 Å². The third-order valence-corrected chi connectivity index (χ3v) is 3.87. The van der Waals surface area contributed by atoms with Gasteiger partial charge >= 0.3 is 0 Å². The van der Waals surface area contributed by atoms with Gasteiger partial charge in [0.2, 0.25) is 5.91 Å². The Morgan fingerprint density at radius 3 is 3.05 bits per heavy atom. The SMILES string of the molecule is CNc1cc([C@@H]2CCCN(CC(=O)N(C)C)C2)ccn1. The van der Waals surface area contributed by atoms with Gasteiger partial charge in [-0.25, -0.2) is 4.98 Å². The van der Waals surface area contributed by atoms with E-state index in [1.807, 2.05) is 27.3 Å². The van der Waals surface area contributed by atoms with Crippen molar-refractivity contribution in [2.45, 2.75) is 18.8 Å². The number of carbonyl (C=O) groups is 1. The highest BCUT2D eigenvalue weighted by atomic mass is 16.2. The summed E-state index contributed by atoms with van der Waals surface area (Å²) in [6.07, 6.45) is 4.17. The fraction of sp³-hybridized carbons (Fsp3) is 0.600. The molecule has 1 amide bonds. The second-order valence-corrected chi connectivity index (χ2v) is 5.59. The summed E-state index contributed by atoms with van der Waals surface area (Å²) < 4.78 is 0. The van der Waals surface area contributed by atoms with Crippen molar-refractivity contribution in [2.75, 3.05) is 46.1 Å². The van der Waals surface area contributed by atoms with Gasteiger partial charge in [-0.05, 0) is 43.0 Å². The Bertz CT molecular complexity index is 461. The number of aromatic nitrogens is 1. The molecule has 1 saturated heterocycles. The first-order valence-electron chi connectivity index (χ1n) is 7.16. The van der Waals surface area contributed by atoms with Gasteiger partial charge < -0.3 is 10.2 Å². The van der Waals surface area contributed by atoms with Gasteiger partial charge in [0, 0.05) is 33.9 Å². The molecule has 110 valence electrons. The molecule has 1 aliphatic rings. The molecular formula is C15H24N4O. The number of piperidine rings is 1. The number of rotatable bonds is 4. The van der Waals surface area contributed by atoms with Crippen LogP contribution in [0.3, 0.4) is 0 Å². The number of nitrogens with one attached hydrogen (secondary N) is 1. The molecule has 1 N–H and O–H groups in total. The fourth-order valence-electron chi connectivity index (χ4n) is 2.64. The first-order valence-corrected chi connectivity index (χ1v) is 7.16. The molecule has 2 heterocycles. The Morgan fingerprint density at radius 1 is 1.55 bits per heavy atom. The van der Waals surface area contributed by atoms with E-state index >= 15 is 0 Å². The molecule has 1 aromatic rings. The van der Waals surface area contributed by atoms with Crippen LogP contribution < -0.4 is 5.32 Å². The molecule has 0 saturated carbocycles. The van der Waals surface area contributed by atoms with Gasteiger partial charge in [0.05, 0.1) is 6.54 Å². The van der Waals surface area contributed by atoms with Crippen LogP contribution in [0.25, 0.3) is 0 Å². The minimum atomic E-state index is 0.177. The highest BCUT2D eigenvalue weighted by Gasteiger charge is 2.23. The van der Waals surface area contributed by atoms with Gasteiger partial charge in [0.1, 0.15) is 5.82 Å². The normalized spacial score (nSPS) is 19.6. The molecule has 1 atom stereocenters. The van der Waals surface area contributed by atoms with E-state index < -0.39 is 0 Å². The zero-order chi connectivity index (χ0) is 14.5. The van der Waals surface area contributed by atoms with E-state index in [9.17, 15) is 4.79 Å². The second-order valence-electron chi connectivity index (χ2n) is 5.59. The molecule has 1 aromatic heterocycles. The highest BCUT2D eigenvalue weighted by molar-refractivity contribution is 5.77. The predicted molar refractivity (Wildman–Crippen MR) is 80.9 cm³/mol. The summed E-state index contributed by atoms with van der Waals surface area (Å²) in [7, 11) is 5.51. The van der Waals surface area contributed by atoms with Crippen LogP contribution in [0.15, 0.2) is 18.3 Å². The third-order valence-electron chi connectivity index (χ3n) is 3.87. The van der Waals surface area contributed by atoms with E-state index in [0.717, 1.165) is 25.3 Å². The number of amides is 1. The fourth-order valence-corrected chi connectivity index (χ4v) is 2.64. The average Bonchev–Trinajstić information content (AvgIpc) is 2.47. The second kappa shape index (κ2) is 6.70. The lowest BCUT2D eigenvalue weighted by Crippen LogP contribution is -2.41. The van der Waals surface area contributed by atoms with Crippen LogP contribution in [-0.4, -0.2) is 61.5 Å². The number of likely N-dealkylation sites (N-methyl/N-ethyl adjacent to an activating group) is 1. The smallest absolute Gasteiger partial charge is 0.236 e. The van der Waals surface area contributed by atoms with Crippen molar-refractivity contribution in [3.8, 4) is 0 Å². The molecule has 5 nitrogen and oxygen atoms in total. The standard InChI is InChI=1S/C15H24N4O/c1-16-14-9-12(6-7-17-14)13-5-4-8-19(10-13)11-15(20)18(2)3/h6-7,9,13H,4-5,8,10-11H2,1-3H3,(H,16,17)/t13-/m1/s1. The zero-order valence-electron chi connectivity index (χ0n) is 12.6. The zero-order valence-corrected chi connectivity index (χ0v) is 12.6. The number of hydrogen-bond acceptors (Lipinski definition) is 4. The molecule has 0 aromatic carbocycles. The van der Waals surface area contributed by atoms with E-state index in [4.69, 9.17) is 0 Å². The average molecular weight is 276 g/mol. The molecule has 0 spiro atoms.